The molecule has 0 unspecified atom stereocenters. The Hall–Kier alpha value is -1.95. The van der Waals surface area contributed by atoms with Gasteiger partial charge >= 0.3 is 0 Å². The summed E-state index contributed by atoms with van der Waals surface area (Å²) in [7, 11) is 0. The van der Waals surface area contributed by atoms with Crippen molar-refractivity contribution in [2.45, 2.75) is 19.9 Å². The molecule has 0 N–H and O–H groups in total. The average Bonchev–Trinajstić information content (AvgIpc) is 2.91. The van der Waals surface area contributed by atoms with Crippen molar-refractivity contribution in [1.29, 1.82) is 0 Å². The maximum absolute atomic E-state index is 12.6. The molecule has 2 amide bonds. The lowest BCUT2D eigenvalue weighted by Crippen LogP contribution is -2.27. The van der Waals surface area contributed by atoms with Gasteiger partial charge in [-0.3, -0.25) is 14.5 Å². The number of hydrogen-bond donors (Lipinski definition) is 0. The number of amides is 2. The first-order valence-electron chi connectivity index (χ1n) is 8.40. The number of carbonyl (C=O) groups excluding carboxylic acids is 2. The third-order valence-corrected chi connectivity index (χ3v) is 5.50. The molecule has 1 aliphatic rings. The van der Waals surface area contributed by atoms with E-state index >= 15 is 0 Å². The Morgan fingerprint density at radius 1 is 1.07 bits per heavy atom. The zero-order valence-corrected chi connectivity index (χ0v) is 16.9. The summed E-state index contributed by atoms with van der Waals surface area (Å²) >= 11 is 12.8. The lowest BCUT2D eigenvalue weighted by molar-refractivity contribution is -0.123. The molecule has 0 spiro atoms. The Morgan fingerprint density at radius 2 is 1.81 bits per heavy atom. The molecule has 2 aromatic carbocycles. The first-order valence-corrected chi connectivity index (χ1v) is 9.97. The monoisotopic (exact) mass is 421 g/mol. The highest BCUT2D eigenvalue weighted by atomic mass is 35.5. The number of nitrogens with zero attached hydrogens (tertiary/aromatic N) is 1. The predicted molar refractivity (Wildman–Crippen MR) is 110 cm³/mol. The van der Waals surface area contributed by atoms with E-state index < -0.39 is 0 Å². The summed E-state index contributed by atoms with van der Waals surface area (Å²) < 4.78 is 5.54. The van der Waals surface area contributed by atoms with Gasteiger partial charge in [-0.15, -0.1) is 0 Å². The molecule has 7 heteroatoms. The Kier molecular flexibility index (Phi) is 6.47. The minimum atomic E-state index is -0.317. The number of ether oxygens (including phenoxy) is 1. The molecule has 0 saturated carbocycles. The van der Waals surface area contributed by atoms with Gasteiger partial charge in [0.05, 0.1) is 28.1 Å². The van der Waals surface area contributed by atoms with Crippen LogP contribution < -0.4 is 4.74 Å². The molecule has 0 aliphatic carbocycles. The lowest BCUT2D eigenvalue weighted by atomic mass is 10.2. The van der Waals surface area contributed by atoms with Crippen LogP contribution in [0.4, 0.5) is 4.79 Å². The van der Waals surface area contributed by atoms with Crippen molar-refractivity contribution in [3.05, 3.63) is 68.5 Å². The Morgan fingerprint density at radius 3 is 2.48 bits per heavy atom. The third kappa shape index (κ3) is 4.86. The van der Waals surface area contributed by atoms with E-state index in [1.807, 2.05) is 31.2 Å². The largest absolute Gasteiger partial charge is 0.494 e. The van der Waals surface area contributed by atoms with Crippen LogP contribution >= 0.6 is 35.0 Å². The molecular weight excluding hydrogens is 405 g/mol. The van der Waals surface area contributed by atoms with E-state index in [-0.39, 0.29) is 17.7 Å². The number of benzene rings is 2. The van der Waals surface area contributed by atoms with Crippen LogP contribution in [0.1, 0.15) is 24.5 Å². The number of rotatable bonds is 6. The van der Waals surface area contributed by atoms with Gasteiger partial charge in [0.15, 0.2) is 0 Å². The van der Waals surface area contributed by atoms with Gasteiger partial charge < -0.3 is 4.74 Å². The quantitative estimate of drug-likeness (QED) is 0.534. The summed E-state index contributed by atoms with van der Waals surface area (Å²) in [6, 6.07) is 12.5. The van der Waals surface area contributed by atoms with Crippen molar-refractivity contribution < 1.29 is 14.3 Å². The molecule has 4 nitrogen and oxygen atoms in total. The fourth-order valence-corrected chi connectivity index (χ4v) is 3.65. The molecule has 0 radical (unpaired) electrons. The highest BCUT2D eigenvalue weighted by molar-refractivity contribution is 8.18. The zero-order chi connectivity index (χ0) is 19.4. The first-order chi connectivity index (χ1) is 13.0. The molecule has 0 aromatic heterocycles. The number of thioether (sulfide) groups is 1. The molecule has 0 bridgehead atoms. The standard InChI is InChI=1S/C20H17Cl2NO3S/c1-2-9-26-15-6-3-13(4-7-15)11-18-19(24)23(20(25)27-18)12-14-5-8-16(21)17(22)10-14/h3-8,10-11H,2,9,12H2,1H3/b18-11-. The highest BCUT2D eigenvalue weighted by Gasteiger charge is 2.35. The van der Waals surface area contributed by atoms with Crippen LogP contribution in [-0.4, -0.2) is 22.7 Å². The van der Waals surface area contributed by atoms with Crippen LogP contribution in [0.15, 0.2) is 47.4 Å². The highest BCUT2D eigenvalue weighted by Crippen LogP contribution is 2.34. The van der Waals surface area contributed by atoms with Gasteiger partial charge in [0.25, 0.3) is 11.1 Å². The maximum atomic E-state index is 12.6. The Labute approximate surface area is 172 Å². The van der Waals surface area contributed by atoms with Crippen molar-refractivity contribution in [2.24, 2.45) is 0 Å². The first kappa shape index (κ1) is 19.8. The fourth-order valence-electron chi connectivity index (χ4n) is 2.49. The maximum Gasteiger partial charge on any atom is 0.293 e. The topological polar surface area (TPSA) is 46.6 Å². The Bertz CT molecular complexity index is 897. The molecule has 3 rings (SSSR count). The zero-order valence-electron chi connectivity index (χ0n) is 14.6. The van der Waals surface area contributed by atoms with Gasteiger partial charge in [0.2, 0.25) is 0 Å². The lowest BCUT2D eigenvalue weighted by Gasteiger charge is -2.12. The molecule has 1 heterocycles. The molecule has 1 aliphatic heterocycles. The van der Waals surface area contributed by atoms with Gasteiger partial charge in [-0.25, -0.2) is 0 Å². The summed E-state index contributed by atoms with van der Waals surface area (Å²) in [5.41, 5.74) is 1.57. The van der Waals surface area contributed by atoms with Gasteiger partial charge in [-0.05, 0) is 59.7 Å². The minimum absolute atomic E-state index is 0.155. The van der Waals surface area contributed by atoms with E-state index in [4.69, 9.17) is 27.9 Å². The van der Waals surface area contributed by atoms with Crippen molar-refractivity contribution >= 4 is 52.2 Å². The molecular formula is C20H17Cl2NO3S. The van der Waals surface area contributed by atoms with E-state index in [2.05, 4.69) is 0 Å². The van der Waals surface area contributed by atoms with E-state index in [1.54, 1.807) is 24.3 Å². The molecule has 1 saturated heterocycles. The second-order valence-electron chi connectivity index (χ2n) is 5.93. The number of halogens is 2. The van der Waals surface area contributed by atoms with Crippen LogP contribution in [0, 0.1) is 0 Å². The molecule has 1 fully saturated rings. The normalized spacial score (nSPS) is 15.7. The molecule has 140 valence electrons. The molecule has 27 heavy (non-hydrogen) atoms. The Balaban J connectivity index is 1.73. The van der Waals surface area contributed by atoms with Crippen LogP contribution in [0.25, 0.3) is 6.08 Å². The average molecular weight is 422 g/mol. The second kappa shape index (κ2) is 8.83. The van der Waals surface area contributed by atoms with Gasteiger partial charge in [-0.2, -0.15) is 0 Å². The predicted octanol–water partition coefficient (Wildman–Crippen LogP) is 6.02. The summed E-state index contributed by atoms with van der Waals surface area (Å²) in [4.78, 5) is 26.5. The third-order valence-electron chi connectivity index (χ3n) is 3.85. The van der Waals surface area contributed by atoms with Crippen molar-refractivity contribution in [3.8, 4) is 5.75 Å². The van der Waals surface area contributed by atoms with Gasteiger partial charge in [0.1, 0.15) is 5.75 Å². The van der Waals surface area contributed by atoms with Crippen LogP contribution in [-0.2, 0) is 11.3 Å². The van der Waals surface area contributed by atoms with Crippen molar-refractivity contribution in [3.63, 3.8) is 0 Å². The molecule has 0 atom stereocenters. The van der Waals surface area contributed by atoms with E-state index in [0.29, 0.717) is 21.6 Å². The van der Waals surface area contributed by atoms with Gasteiger partial charge in [-0.1, -0.05) is 48.3 Å². The van der Waals surface area contributed by atoms with Crippen molar-refractivity contribution in [2.75, 3.05) is 6.61 Å². The SMILES string of the molecule is CCCOc1ccc(/C=C2\SC(=O)N(Cc3ccc(Cl)c(Cl)c3)C2=O)cc1. The van der Waals surface area contributed by atoms with E-state index in [9.17, 15) is 9.59 Å². The van der Waals surface area contributed by atoms with Crippen molar-refractivity contribution in [1.82, 2.24) is 4.90 Å². The second-order valence-corrected chi connectivity index (χ2v) is 7.74. The summed E-state index contributed by atoms with van der Waals surface area (Å²) in [5, 5.41) is 0.517. The van der Waals surface area contributed by atoms with Crippen LogP contribution in [0.3, 0.4) is 0 Å². The fraction of sp³-hybridized carbons (Fsp3) is 0.200. The van der Waals surface area contributed by atoms with E-state index in [0.717, 1.165) is 35.1 Å². The summed E-state index contributed by atoms with van der Waals surface area (Å²) in [5.74, 6) is 0.462. The smallest absolute Gasteiger partial charge is 0.293 e. The number of imide groups is 1. The van der Waals surface area contributed by atoms with Crippen LogP contribution in [0.5, 0.6) is 5.75 Å². The molecule has 2 aromatic rings. The van der Waals surface area contributed by atoms with E-state index in [1.165, 1.54) is 4.90 Å². The van der Waals surface area contributed by atoms with Gasteiger partial charge in [0, 0.05) is 0 Å². The number of carbonyl (C=O) groups is 2. The minimum Gasteiger partial charge on any atom is -0.494 e. The van der Waals surface area contributed by atoms with Crippen LogP contribution in [0.2, 0.25) is 10.0 Å². The summed E-state index contributed by atoms with van der Waals surface area (Å²) in [6.45, 7) is 2.86. The summed E-state index contributed by atoms with van der Waals surface area (Å²) in [6.07, 6.45) is 2.65. The number of hydrogen-bond acceptors (Lipinski definition) is 4.